The molecule has 0 amide bonds. The first-order valence-corrected chi connectivity index (χ1v) is 10.3. The van der Waals surface area contributed by atoms with Gasteiger partial charge in [-0.25, -0.2) is 0 Å². The quantitative estimate of drug-likeness (QED) is 0.227. The lowest BCUT2D eigenvalue weighted by Crippen LogP contribution is -2.16. The van der Waals surface area contributed by atoms with Crippen molar-refractivity contribution in [3.8, 4) is 0 Å². The lowest BCUT2D eigenvalue weighted by atomic mass is 9.90. The number of hydrogen-bond donors (Lipinski definition) is 0. The van der Waals surface area contributed by atoms with E-state index in [4.69, 9.17) is 4.74 Å². The molecule has 0 fully saturated rings. The third-order valence-corrected chi connectivity index (χ3v) is 4.68. The molecule has 0 aromatic rings. The monoisotopic (exact) mass is 326 g/mol. The number of rotatable bonds is 16. The van der Waals surface area contributed by atoms with E-state index in [1.54, 1.807) is 0 Å². The molecule has 0 radical (unpaired) electrons. The first kappa shape index (κ1) is 22.5. The minimum absolute atomic E-state index is 0.0165. The molecule has 0 aliphatic rings. The Balaban J connectivity index is 3.73. The predicted octanol–water partition coefficient (Wildman–Crippen LogP) is 6.91. The maximum absolute atomic E-state index is 11.9. The molecular weight excluding hydrogens is 284 g/mol. The van der Waals surface area contributed by atoms with E-state index in [0.29, 0.717) is 18.9 Å². The largest absolute Gasteiger partial charge is 0.465 e. The van der Waals surface area contributed by atoms with Crippen molar-refractivity contribution in [2.24, 2.45) is 11.8 Å². The summed E-state index contributed by atoms with van der Waals surface area (Å²) in [6.45, 7) is 9.67. The Bertz CT molecular complexity index is 263. The van der Waals surface area contributed by atoms with Gasteiger partial charge in [0.25, 0.3) is 0 Å². The molecule has 0 aromatic heterocycles. The molecule has 2 unspecified atom stereocenters. The summed E-state index contributed by atoms with van der Waals surface area (Å²) in [5.74, 6) is 1.32. The highest BCUT2D eigenvalue weighted by molar-refractivity contribution is 5.69. The summed E-state index contributed by atoms with van der Waals surface area (Å²) >= 11 is 0. The summed E-state index contributed by atoms with van der Waals surface area (Å²) in [5.41, 5.74) is 0. The highest BCUT2D eigenvalue weighted by Crippen LogP contribution is 2.21. The number of ether oxygens (including phenoxy) is 1. The van der Waals surface area contributed by atoms with Crippen LogP contribution in [0.1, 0.15) is 111 Å². The zero-order chi connectivity index (χ0) is 17.3. The molecular formula is C21H42O2. The van der Waals surface area contributed by atoms with E-state index in [1.165, 1.54) is 70.6 Å². The molecule has 2 atom stereocenters. The van der Waals surface area contributed by atoms with E-state index in [1.807, 2.05) is 0 Å². The van der Waals surface area contributed by atoms with E-state index in [0.717, 1.165) is 12.3 Å². The van der Waals surface area contributed by atoms with Gasteiger partial charge >= 0.3 is 5.97 Å². The Morgan fingerprint density at radius 1 is 0.826 bits per heavy atom. The smallest absolute Gasteiger partial charge is 0.305 e. The average molecular weight is 327 g/mol. The Morgan fingerprint density at radius 3 is 2.04 bits per heavy atom. The number of carbonyl (C=O) groups excluding carboxylic acids is 1. The van der Waals surface area contributed by atoms with Crippen molar-refractivity contribution in [1.82, 2.24) is 0 Å². The van der Waals surface area contributed by atoms with Gasteiger partial charge in [-0.15, -0.1) is 0 Å². The van der Waals surface area contributed by atoms with Gasteiger partial charge in [0, 0.05) is 6.42 Å². The summed E-state index contributed by atoms with van der Waals surface area (Å²) in [4.78, 5) is 11.9. The van der Waals surface area contributed by atoms with Crippen LogP contribution in [-0.2, 0) is 9.53 Å². The lowest BCUT2D eigenvalue weighted by molar-refractivity contribution is -0.145. The molecule has 0 saturated heterocycles. The third kappa shape index (κ3) is 14.8. The van der Waals surface area contributed by atoms with Gasteiger partial charge in [-0.3, -0.25) is 4.79 Å². The van der Waals surface area contributed by atoms with Crippen molar-refractivity contribution in [2.75, 3.05) is 6.61 Å². The topological polar surface area (TPSA) is 26.3 Å². The molecule has 0 aliphatic heterocycles. The first-order valence-electron chi connectivity index (χ1n) is 10.3. The van der Waals surface area contributed by atoms with E-state index in [-0.39, 0.29) is 5.97 Å². The normalized spacial score (nSPS) is 13.7. The molecule has 0 spiro atoms. The predicted molar refractivity (Wildman–Crippen MR) is 101 cm³/mol. The average Bonchev–Trinajstić information content (AvgIpc) is 2.52. The summed E-state index contributed by atoms with van der Waals surface area (Å²) in [6.07, 6.45) is 15.4. The zero-order valence-electron chi connectivity index (χ0n) is 16.4. The van der Waals surface area contributed by atoms with Crippen LogP contribution >= 0.6 is 0 Å². The van der Waals surface area contributed by atoms with Crippen molar-refractivity contribution in [1.29, 1.82) is 0 Å². The molecule has 0 N–H and O–H groups in total. The highest BCUT2D eigenvalue weighted by Gasteiger charge is 2.14. The fraction of sp³-hybridized carbons (Fsp3) is 0.952. The SMILES string of the molecule is CCCCCCCCCC(=O)OCC(CCC)CC(C)CCC. The van der Waals surface area contributed by atoms with Gasteiger partial charge in [-0.2, -0.15) is 0 Å². The first-order chi connectivity index (χ1) is 11.1. The summed E-state index contributed by atoms with van der Waals surface area (Å²) in [6, 6.07) is 0. The highest BCUT2D eigenvalue weighted by atomic mass is 16.5. The minimum Gasteiger partial charge on any atom is -0.465 e. The summed E-state index contributed by atoms with van der Waals surface area (Å²) < 4.78 is 5.54. The fourth-order valence-electron chi connectivity index (χ4n) is 3.37. The molecule has 0 aromatic carbocycles. The Kier molecular flexibility index (Phi) is 16.0. The van der Waals surface area contributed by atoms with Crippen molar-refractivity contribution < 1.29 is 9.53 Å². The molecule has 0 aliphatic carbocycles. The molecule has 0 rings (SSSR count). The van der Waals surface area contributed by atoms with Crippen LogP contribution in [0.2, 0.25) is 0 Å². The maximum atomic E-state index is 11.9. The Hall–Kier alpha value is -0.530. The van der Waals surface area contributed by atoms with Crippen LogP contribution in [0.25, 0.3) is 0 Å². The molecule has 0 bridgehead atoms. The van der Waals surface area contributed by atoms with Crippen LogP contribution < -0.4 is 0 Å². The van der Waals surface area contributed by atoms with Crippen molar-refractivity contribution in [2.45, 2.75) is 111 Å². The number of esters is 1. The fourth-order valence-corrected chi connectivity index (χ4v) is 3.37. The van der Waals surface area contributed by atoms with Gasteiger partial charge in [0.15, 0.2) is 0 Å². The third-order valence-electron chi connectivity index (χ3n) is 4.68. The van der Waals surface area contributed by atoms with Crippen LogP contribution in [0.4, 0.5) is 0 Å². The summed E-state index contributed by atoms with van der Waals surface area (Å²) in [7, 11) is 0. The molecule has 2 nitrogen and oxygen atoms in total. The number of carbonyl (C=O) groups is 1. The lowest BCUT2D eigenvalue weighted by Gasteiger charge is -2.20. The van der Waals surface area contributed by atoms with Gasteiger partial charge in [0.05, 0.1) is 6.61 Å². The number of hydrogen-bond acceptors (Lipinski definition) is 2. The molecule has 0 saturated carbocycles. The zero-order valence-corrected chi connectivity index (χ0v) is 16.4. The van der Waals surface area contributed by atoms with E-state index < -0.39 is 0 Å². The second-order valence-electron chi connectivity index (χ2n) is 7.34. The van der Waals surface area contributed by atoms with E-state index in [2.05, 4.69) is 27.7 Å². The molecule has 138 valence electrons. The molecule has 23 heavy (non-hydrogen) atoms. The second-order valence-corrected chi connectivity index (χ2v) is 7.34. The van der Waals surface area contributed by atoms with Crippen LogP contribution in [0, 0.1) is 11.8 Å². The van der Waals surface area contributed by atoms with Crippen LogP contribution in [0.5, 0.6) is 0 Å². The van der Waals surface area contributed by atoms with Gasteiger partial charge in [0.1, 0.15) is 0 Å². The Labute approximate surface area is 145 Å². The second kappa shape index (κ2) is 16.3. The van der Waals surface area contributed by atoms with Crippen LogP contribution in [0.3, 0.4) is 0 Å². The van der Waals surface area contributed by atoms with Crippen LogP contribution in [0.15, 0.2) is 0 Å². The van der Waals surface area contributed by atoms with E-state index >= 15 is 0 Å². The number of unbranched alkanes of at least 4 members (excludes halogenated alkanes) is 6. The van der Waals surface area contributed by atoms with Gasteiger partial charge in [-0.1, -0.05) is 85.5 Å². The standard InChI is InChI=1S/C21H42O2/c1-5-8-9-10-11-12-13-16-21(22)23-18-20(15-7-3)17-19(4)14-6-2/h19-20H,5-18H2,1-4H3. The van der Waals surface area contributed by atoms with Gasteiger partial charge in [0.2, 0.25) is 0 Å². The van der Waals surface area contributed by atoms with Crippen molar-refractivity contribution in [3.63, 3.8) is 0 Å². The van der Waals surface area contributed by atoms with Gasteiger partial charge < -0.3 is 4.74 Å². The van der Waals surface area contributed by atoms with Gasteiger partial charge in [-0.05, 0) is 31.1 Å². The minimum atomic E-state index is 0.0165. The van der Waals surface area contributed by atoms with Crippen molar-refractivity contribution >= 4 is 5.97 Å². The summed E-state index contributed by atoms with van der Waals surface area (Å²) in [5, 5.41) is 0. The van der Waals surface area contributed by atoms with Crippen molar-refractivity contribution in [3.05, 3.63) is 0 Å². The molecule has 0 heterocycles. The molecule has 2 heteroatoms. The van der Waals surface area contributed by atoms with E-state index in [9.17, 15) is 4.79 Å². The maximum Gasteiger partial charge on any atom is 0.305 e. The Morgan fingerprint density at radius 2 is 1.43 bits per heavy atom. The van der Waals surface area contributed by atoms with Crippen LogP contribution in [-0.4, -0.2) is 12.6 Å².